The minimum absolute atomic E-state index is 0.0874. The molecule has 1 aromatic heterocycles. The highest BCUT2D eigenvalue weighted by molar-refractivity contribution is 5.37. The summed E-state index contributed by atoms with van der Waals surface area (Å²) in [5.41, 5.74) is 5.04. The van der Waals surface area contributed by atoms with E-state index in [9.17, 15) is 5.11 Å². The predicted octanol–water partition coefficient (Wildman–Crippen LogP) is 2.85. The Morgan fingerprint density at radius 1 is 1.00 bits per heavy atom. The maximum absolute atomic E-state index is 9.51. The summed E-state index contributed by atoms with van der Waals surface area (Å²) in [6.45, 7) is 1.97. The van der Waals surface area contributed by atoms with Gasteiger partial charge in [0.25, 0.3) is 0 Å². The largest absolute Gasteiger partial charge is 0.390 e. The molecule has 4 nitrogen and oxygen atoms in total. The van der Waals surface area contributed by atoms with Gasteiger partial charge >= 0.3 is 0 Å². The number of benzene rings is 2. The van der Waals surface area contributed by atoms with Gasteiger partial charge in [-0.05, 0) is 43.0 Å². The van der Waals surface area contributed by atoms with Gasteiger partial charge in [0.1, 0.15) is 5.69 Å². The highest BCUT2D eigenvalue weighted by atomic mass is 16.3. The van der Waals surface area contributed by atoms with E-state index in [1.807, 2.05) is 35.0 Å². The molecule has 0 atom stereocenters. The third kappa shape index (κ3) is 3.07. The lowest BCUT2D eigenvalue weighted by Crippen LogP contribution is -2.06. The van der Waals surface area contributed by atoms with Crippen LogP contribution in [0.25, 0.3) is 5.69 Å². The van der Waals surface area contributed by atoms with E-state index < -0.39 is 0 Å². The van der Waals surface area contributed by atoms with Crippen LogP contribution >= 0.6 is 0 Å². The van der Waals surface area contributed by atoms with Gasteiger partial charge in [0.2, 0.25) is 0 Å². The van der Waals surface area contributed by atoms with Crippen LogP contribution in [0.15, 0.2) is 54.6 Å². The van der Waals surface area contributed by atoms with Gasteiger partial charge in [-0.25, -0.2) is 4.68 Å². The first kappa shape index (κ1) is 14.5. The molecule has 0 bridgehead atoms. The van der Waals surface area contributed by atoms with E-state index in [4.69, 9.17) is 0 Å². The molecule has 3 rings (SSSR count). The van der Waals surface area contributed by atoms with Crippen molar-refractivity contribution in [3.05, 3.63) is 77.1 Å². The van der Waals surface area contributed by atoms with Crippen LogP contribution in [-0.2, 0) is 19.4 Å². The summed E-state index contributed by atoms with van der Waals surface area (Å²) in [6.07, 6.45) is 1.69. The fourth-order valence-corrected chi connectivity index (χ4v) is 2.58. The topological polar surface area (TPSA) is 50.9 Å². The van der Waals surface area contributed by atoms with Crippen molar-refractivity contribution in [1.29, 1.82) is 0 Å². The van der Waals surface area contributed by atoms with E-state index in [1.54, 1.807) is 0 Å². The molecule has 3 aromatic rings. The first-order chi connectivity index (χ1) is 10.8. The summed E-state index contributed by atoms with van der Waals surface area (Å²) >= 11 is 0. The molecule has 0 aliphatic heterocycles. The smallest absolute Gasteiger partial charge is 0.112 e. The highest BCUT2D eigenvalue weighted by Crippen LogP contribution is 2.17. The first-order valence-electron chi connectivity index (χ1n) is 7.43. The van der Waals surface area contributed by atoms with Gasteiger partial charge in [-0.1, -0.05) is 47.7 Å². The van der Waals surface area contributed by atoms with Crippen molar-refractivity contribution in [2.24, 2.45) is 0 Å². The van der Waals surface area contributed by atoms with Crippen molar-refractivity contribution in [2.45, 2.75) is 26.4 Å². The minimum atomic E-state index is -0.0874. The molecule has 2 aromatic carbocycles. The number of rotatable bonds is 5. The number of aliphatic hydroxyl groups is 1. The summed E-state index contributed by atoms with van der Waals surface area (Å²) in [6, 6.07) is 18.5. The van der Waals surface area contributed by atoms with Crippen molar-refractivity contribution in [3.63, 3.8) is 0 Å². The highest BCUT2D eigenvalue weighted by Gasteiger charge is 2.13. The second kappa shape index (κ2) is 6.54. The average molecular weight is 293 g/mol. The Kier molecular flexibility index (Phi) is 4.30. The standard InChI is InChI=1S/C18H19N3O/c1-14-6-5-9-16(12-14)21-18(17(13-22)19-20-21)11-10-15-7-3-2-4-8-15/h2-9,12,22H,10-11,13H2,1H3. The number of nitrogens with zero attached hydrogens (tertiary/aromatic N) is 3. The molecule has 0 saturated heterocycles. The molecular weight excluding hydrogens is 274 g/mol. The first-order valence-corrected chi connectivity index (χ1v) is 7.43. The minimum Gasteiger partial charge on any atom is -0.390 e. The maximum Gasteiger partial charge on any atom is 0.112 e. The van der Waals surface area contributed by atoms with E-state index in [0.29, 0.717) is 5.69 Å². The van der Waals surface area contributed by atoms with E-state index in [1.165, 1.54) is 11.1 Å². The summed E-state index contributed by atoms with van der Waals surface area (Å²) in [4.78, 5) is 0. The maximum atomic E-state index is 9.51. The molecule has 0 radical (unpaired) electrons. The molecule has 1 heterocycles. The van der Waals surface area contributed by atoms with Crippen LogP contribution in [0.3, 0.4) is 0 Å². The zero-order valence-corrected chi connectivity index (χ0v) is 12.6. The fraction of sp³-hybridized carbons (Fsp3) is 0.222. The van der Waals surface area contributed by atoms with Crippen LogP contribution in [0.2, 0.25) is 0 Å². The van der Waals surface area contributed by atoms with Crippen molar-refractivity contribution < 1.29 is 5.11 Å². The van der Waals surface area contributed by atoms with Gasteiger partial charge < -0.3 is 5.11 Å². The number of hydrogen-bond acceptors (Lipinski definition) is 3. The molecule has 0 fully saturated rings. The molecular formula is C18H19N3O. The van der Waals surface area contributed by atoms with Crippen LogP contribution in [0, 0.1) is 6.92 Å². The third-order valence-electron chi connectivity index (χ3n) is 3.73. The summed E-state index contributed by atoms with van der Waals surface area (Å²) in [5.74, 6) is 0. The number of aliphatic hydroxyl groups excluding tert-OH is 1. The number of aryl methyl sites for hydroxylation is 2. The number of hydrogen-bond donors (Lipinski definition) is 1. The lowest BCUT2D eigenvalue weighted by molar-refractivity contribution is 0.275. The van der Waals surface area contributed by atoms with Gasteiger partial charge in [-0.2, -0.15) is 0 Å². The van der Waals surface area contributed by atoms with Crippen molar-refractivity contribution in [1.82, 2.24) is 15.0 Å². The molecule has 0 amide bonds. The monoisotopic (exact) mass is 293 g/mol. The average Bonchev–Trinajstić information content (AvgIpc) is 2.97. The Bertz CT molecular complexity index is 750. The predicted molar refractivity (Wildman–Crippen MR) is 85.9 cm³/mol. The Balaban J connectivity index is 1.90. The number of aromatic nitrogens is 3. The van der Waals surface area contributed by atoms with Crippen LogP contribution in [-0.4, -0.2) is 20.1 Å². The second-order valence-electron chi connectivity index (χ2n) is 5.38. The molecule has 112 valence electrons. The van der Waals surface area contributed by atoms with E-state index in [2.05, 4.69) is 41.5 Å². The third-order valence-corrected chi connectivity index (χ3v) is 3.73. The van der Waals surface area contributed by atoms with Crippen molar-refractivity contribution >= 4 is 0 Å². The van der Waals surface area contributed by atoms with Crippen LogP contribution in [0.1, 0.15) is 22.5 Å². The van der Waals surface area contributed by atoms with Crippen LogP contribution < -0.4 is 0 Å². The normalized spacial score (nSPS) is 10.8. The van der Waals surface area contributed by atoms with Crippen molar-refractivity contribution in [2.75, 3.05) is 0 Å². The summed E-state index contributed by atoms with van der Waals surface area (Å²) in [5, 5.41) is 17.8. The zero-order valence-electron chi connectivity index (χ0n) is 12.6. The Labute approximate surface area is 130 Å². The molecule has 0 aliphatic rings. The van der Waals surface area contributed by atoms with Crippen molar-refractivity contribution in [3.8, 4) is 5.69 Å². The lowest BCUT2D eigenvalue weighted by Gasteiger charge is -2.08. The van der Waals surface area contributed by atoms with Gasteiger partial charge in [0, 0.05) is 0 Å². The molecule has 0 aliphatic carbocycles. The van der Waals surface area contributed by atoms with Crippen LogP contribution in [0.4, 0.5) is 0 Å². The molecule has 0 unspecified atom stereocenters. The Morgan fingerprint density at radius 2 is 1.82 bits per heavy atom. The van der Waals surface area contributed by atoms with Gasteiger partial charge in [-0.3, -0.25) is 0 Å². The van der Waals surface area contributed by atoms with E-state index in [-0.39, 0.29) is 6.61 Å². The van der Waals surface area contributed by atoms with Gasteiger partial charge in [0.15, 0.2) is 0 Å². The van der Waals surface area contributed by atoms with Crippen LogP contribution in [0.5, 0.6) is 0 Å². The SMILES string of the molecule is Cc1cccc(-n2nnc(CO)c2CCc2ccccc2)c1. The lowest BCUT2D eigenvalue weighted by atomic mass is 10.1. The second-order valence-corrected chi connectivity index (χ2v) is 5.38. The molecule has 1 N–H and O–H groups in total. The fourth-order valence-electron chi connectivity index (χ4n) is 2.58. The van der Waals surface area contributed by atoms with Gasteiger partial charge in [-0.15, -0.1) is 5.10 Å². The molecule has 0 spiro atoms. The quantitative estimate of drug-likeness (QED) is 0.787. The molecule has 4 heteroatoms. The zero-order chi connectivity index (χ0) is 15.4. The van der Waals surface area contributed by atoms with Gasteiger partial charge in [0.05, 0.1) is 18.0 Å². The Hall–Kier alpha value is -2.46. The van der Waals surface area contributed by atoms with E-state index >= 15 is 0 Å². The summed E-state index contributed by atoms with van der Waals surface area (Å²) in [7, 11) is 0. The van der Waals surface area contributed by atoms with E-state index in [0.717, 1.165) is 24.2 Å². The molecule has 22 heavy (non-hydrogen) atoms. The Morgan fingerprint density at radius 3 is 2.55 bits per heavy atom. The summed E-state index contributed by atoms with van der Waals surface area (Å²) < 4.78 is 1.83. The molecule has 0 saturated carbocycles.